The van der Waals surface area contributed by atoms with Crippen molar-refractivity contribution in [2.24, 2.45) is 5.73 Å². The smallest absolute Gasteiger partial charge is 0.141 e. The maximum absolute atomic E-state index is 13.4. The van der Waals surface area contributed by atoms with Crippen LogP contribution < -0.4 is 5.73 Å². The van der Waals surface area contributed by atoms with Crippen molar-refractivity contribution in [2.45, 2.75) is 19.4 Å². The Kier molecular flexibility index (Phi) is 2.73. The Bertz CT molecular complexity index is 291. The molecule has 0 saturated carbocycles. The van der Waals surface area contributed by atoms with Crippen molar-refractivity contribution in [1.82, 2.24) is 0 Å². The van der Waals surface area contributed by atoms with E-state index in [0.717, 1.165) is 0 Å². The first-order valence-corrected chi connectivity index (χ1v) is 4.74. The number of hydrogen-bond acceptors (Lipinski definition) is 1. The summed E-state index contributed by atoms with van der Waals surface area (Å²) in [6.45, 7) is 3.59. The minimum Gasteiger partial charge on any atom is -0.322 e. The molecule has 0 fully saturated rings. The summed E-state index contributed by atoms with van der Waals surface area (Å²) in [6, 6.07) is 5.26. The van der Waals surface area contributed by atoms with Crippen LogP contribution in [0.25, 0.3) is 0 Å². The van der Waals surface area contributed by atoms with Gasteiger partial charge in [0, 0.05) is 14.7 Å². The largest absolute Gasteiger partial charge is 0.322 e. The fraction of sp³-hybridized carbons (Fsp3) is 0.333. The Morgan fingerprint density at radius 1 is 1.42 bits per heavy atom. The van der Waals surface area contributed by atoms with Gasteiger partial charge in [-0.25, -0.2) is 4.39 Å². The number of hydrogen-bond donors (Lipinski definition) is 1. The molecule has 2 N–H and O–H groups in total. The van der Waals surface area contributed by atoms with E-state index in [1.54, 1.807) is 26.0 Å². The average molecular weight is 279 g/mol. The first-order chi connectivity index (χ1) is 5.43. The molecule has 1 aromatic rings. The van der Waals surface area contributed by atoms with Gasteiger partial charge in [0.05, 0.1) is 0 Å². The van der Waals surface area contributed by atoms with Crippen molar-refractivity contribution in [3.05, 3.63) is 33.1 Å². The molecule has 66 valence electrons. The van der Waals surface area contributed by atoms with Crippen molar-refractivity contribution in [3.8, 4) is 0 Å². The van der Waals surface area contributed by atoms with Gasteiger partial charge in [0.25, 0.3) is 0 Å². The van der Waals surface area contributed by atoms with Crippen LogP contribution in [-0.2, 0) is 5.54 Å². The molecule has 0 radical (unpaired) electrons. The zero-order chi connectivity index (χ0) is 9.35. The third-order valence-electron chi connectivity index (χ3n) is 1.65. The molecule has 12 heavy (non-hydrogen) atoms. The molecule has 0 saturated heterocycles. The SMILES string of the molecule is CC(C)(N)c1cccc(I)c1F. The van der Waals surface area contributed by atoms with Crippen LogP contribution in [0.1, 0.15) is 19.4 Å². The minimum atomic E-state index is -0.606. The van der Waals surface area contributed by atoms with Crippen LogP contribution >= 0.6 is 22.6 Å². The van der Waals surface area contributed by atoms with Gasteiger partial charge in [-0.05, 0) is 42.5 Å². The molecular weight excluding hydrogens is 268 g/mol. The summed E-state index contributed by atoms with van der Waals surface area (Å²) < 4.78 is 14.0. The summed E-state index contributed by atoms with van der Waals surface area (Å²) in [4.78, 5) is 0. The predicted molar refractivity (Wildman–Crippen MR) is 56.3 cm³/mol. The monoisotopic (exact) mass is 279 g/mol. The molecule has 0 aromatic heterocycles. The highest BCUT2D eigenvalue weighted by Crippen LogP contribution is 2.23. The molecule has 0 amide bonds. The minimum absolute atomic E-state index is 0.203. The van der Waals surface area contributed by atoms with E-state index < -0.39 is 5.54 Å². The number of rotatable bonds is 1. The molecule has 0 spiro atoms. The normalized spacial score (nSPS) is 11.8. The predicted octanol–water partition coefficient (Wildman–Crippen LogP) is 2.62. The van der Waals surface area contributed by atoms with Gasteiger partial charge in [-0.15, -0.1) is 0 Å². The maximum atomic E-state index is 13.4. The molecule has 1 aromatic carbocycles. The molecule has 1 rings (SSSR count). The first kappa shape index (κ1) is 9.92. The van der Waals surface area contributed by atoms with Crippen LogP contribution in [0.2, 0.25) is 0 Å². The molecule has 0 bridgehead atoms. The van der Waals surface area contributed by atoms with E-state index in [1.807, 2.05) is 28.7 Å². The molecule has 3 heteroatoms. The van der Waals surface area contributed by atoms with E-state index in [1.165, 1.54) is 0 Å². The van der Waals surface area contributed by atoms with Crippen molar-refractivity contribution < 1.29 is 4.39 Å². The second-order valence-corrected chi connectivity index (χ2v) is 4.49. The van der Waals surface area contributed by atoms with E-state index in [9.17, 15) is 4.39 Å². The Morgan fingerprint density at radius 3 is 2.42 bits per heavy atom. The highest BCUT2D eigenvalue weighted by Gasteiger charge is 2.19. The molecule has 0 aliphatic rings. The van der Waals surface area contributed by atoms with Crippen LogP contribution in [0.5, 0.6) is 0 Å². The second kappa shape index (κ2) is 3.30. The van der Waals surface area contributed by atoms with Crippen molar-refractivity contribution in [3.63, 3.8) is 0 Å². The lowest BCUT2D eigenvalue weighted by Gasteiger charge is -2.20. The van der Waals surface area contributed by atoms with Crippen LogP contribution in [0.4, 0.5) is 4.39 Å². The first-order valence-electron chi connectivity index (χ1n) is 3.66. The van der Waals surface area contributed by atoms with Crippen LogP contribution in [0.3, 0.4) is 0 Å². The lowest BCUT2D eigenvalue weighted by Crippen LogP contribution is -2.30. The summed E-state index contributed by atoms with van der Waals surface area (Å²) >= 11 is 1.96. The van der Waals surface area contributed by atoms with Crippen LogP contribution in [-0.4, -0.2) is 0 Å². The molecule has 0 heterocycles. The lowest BCUT2D eigenvalue weighted by molar-refractivity contribution is 0.498. The van der Waals surface area contributed by atoms with Crippen LogP contribution in [0, 0.1) is 9.39 Å². The Morgan fingerprint density at radius 2 is 2.00 bits per heavy atom. The summed E-state index contributed by atoms with van der Waals surface area (Å²) in [5.74, 6) is -0.203. The van der Waals surface area contributed by atoms with Gasteiger partial charge >= 0.3 is 0 Å². The van der Waals surface area contributed by atoms with Crippen molar-refractivity contribution in [2.75, 3.05) is 0 Å². The van der Waals surface area contributed by atoms with E-state index in [-0.39, 0.29) is 5.82 Å². The molecule has 0 aliphatic carbocycles. The third-order valence-corrected chi connectivity index (χ3v) is 2.48. The van der Waals surface area contributed by atoms with Crippen molar-refractivity contribution in [1.29, 1.82) is 0 Å². The summed E-state index contributed by atoms with van der Waals surface area (Å²) in [5, 5.41) is 0. The van der Waals surface area contributed by atoms with Gasteiger partial charge in [0.15, 0.2) is 0 Å². The maximum Gasteiger partial charge on any atom is 0.141 e. The van der Waals surface area contributed by atoms with E-state index in [4.69, 9.17) is 5.73 Å². The highest BCUT2D eigenvalue weighted by molar-refractivity contribution is 14.1. The molecule has 0 atom stereocenters. The second-order valence-electron chi connectivity index (χ2n) is 3.32. The quantitative estimate of drug-likeness (QED) is 0.786. The topological polar surface area (TPSA) is 26.0 Å². The van der Waals surface area contributed by atoms with E-state index in [2.05, 4.69) is 0 Å². The molecular formula is C9H11FIN. The van der Waals surface area contributed by atoms with Gasteiger partial charge in [-0.2, -0.15) is 0 Å². The Labute approximate surface area is 85.3 Å². The lowest BCUT2D eigenvalue weighted by atomic mass is 9.95. The number of halogens is 2. The van der Waals surface area contributed by atoms with Gasteiger partial charge in [0.2, 0.25) is 0 Å². The fourth-order valence-electron chi connectivity index (χ4n) is 1.00. The Hall–Kier alpha value is -0.160. The average Bonchev–Trinajstić information content (AvgIpc) is 1.92. The zero-order valence-corrected chi connectivity index (χ0v) is 9.22. The van der Waals surface area contributed by atoms with Gasteiger partial charge in [0.1, 0.15) is 5.82 Å². The third kappa shape index (κ3) is 1.95. The molecule has 0 aliphatic heterocycles. The van der Waals surface area contributed by atoms with Gasteiger partial charge < -0.3 is 5.73 Å². The highest BCUT2D eigenvalue weighted by atomic mass is 127. The van der Waals surface area contributed by atoms with Crippen molar-refractivity contribution >= 4 is 22.6 Å². The van der Waals surface area contributed by atoms with E-state index >= 15 is 0 Å². The van der Waals surface area contributed by atoms with Gasteiger partial charge in [-0.3, -0.25) is 0 Å². The standard InChI is InChI=1S/C9H11FIN/c1-9(2,12)6-4-3-5-7(11)8(6)10/h3-5H,12H2,1-2H3. The molecule has 1 nitrogen and oxygen atoms in total. The Balaban J connectivity index is 3.26. The summed E-state index contributed by atoms with van der Waals surface area (Å²) in [7, 11) is 0. The number of benzene rings is 1. The zero-order valence-electron chi connectivity index (χ0n) is 7.07. The van der Waals surface area contributed by atoms with Gasteiger partial charge in [-0.1, -0.05) is 12.1 Å². The van der Waals surface area contributed by atoms with E-state index in [0.29, 0.717) is 9.13 Å². The number of nitrogens with two attached hydrogens (primary N) is 1. The molecule has 0 unspecified atom stereocenters. The summed E-state index contributed by atoms with van der Waals surface area (Å²) in [5.41, 5.74) is 5.74. The summed E-state index contributed by atoms with van der Waals surface area (Å²) in [6.07, 6.45) is 0. The fourth-order valence-corrected chi connectivity index (χ4v) is 1.50. The van der Waals surface area contributed by atoms with Crippen LogP contribution in [0.15, 0.2) is 18.2 Å².